The zero-order valence-corrected chi connectivity index (χ0v) is 12.8. The fourth-order valence-corrected chi connectivity index (χ4v) is 2.73. The average molecular weight is 335 g/mol. The number of nitrogens with two attached hydrogens (primary N) is 1. The maximum absolute atomic E-state index is 12.3. The topological polar surface area (TPSA) is 80.0 Å². The van der Waals surface area contributed by atoms with Gasteiger partial charge in [0.25, 0.3) is 5.91 Å². The summed E-state index contributed by atoms with van der Waals surface area (Å²) in [6.45, 7) is 3.94. The van der Waals surface area contributed by atoms with Gasteiger partial charge in [0.05, 0.1) is 11.3 Å². The van der Waals surface area contributed by atoms with Crippen LogP contribution in [0.25, 0.3) is 0 Å². The van der Waals surface area contributed by atoms with Gasteiger partial charge in [-0.05, 0) is 59.1 Å². The van der Waals surface area contributed by atoms with E-state index in [1.165, 1.54) is 0 Å². The molecule has 20 heavy (non-hydrogen) atoms. The molecule has 0 unspecified atom stereocenters. The van der Waals surface area contributed by atoms with E-state index in [0.717, 1.165) is 21.3 Å². The number of hydrogen-bond acceptors (Lipinski definition) is 4. The van der Waals surface area contributed by atoms with Crippen LogP contribution in [-0.2, 0) is 0 Å². The second kappa shape index (κ2) is 6.02. The Labute approximate surface area is 125 Å². The molecule has 0 aliphatic heterocycles. The molecule has 0 aliphatic carbocycles. The highest BCUT2D eigenvalue weighted by atomic mass is 79.9. The predicted octanol–water partition coefficient (Wildman–Crippen LogP) is 3.00. The van der Waals surface area contributed by atoms with Crippen molar-refractivity contribution in [3.05, 3.63) is 51.6 Å². The van der Waals surface area contributed by atoms with Crippen LogP contribution in [0.15, 0.2) is 34.9 Å². The van der Waals surface area contributed by atoms with Gasteiger partial charge in [0.1, 0.15) is 0 Å². The Hall–Kier alpha value is -1.92. The van der Waals surface area contributed by atoms with E-state index in [0.29, 0.717) is 11.4 Å². The third kappa shape index (κ3) is 2.97. The molecule has 0 fully saturated rings. The van der Waals surface area contributed by atoms with Crippen molar-refractivity contribution < 1.29 is 4.79 Å². The molecule has 1 amide bonds. The minimum absolute atomic E-state index is 0.265. The summed E-state index contributed by atoms with van der Waals surface area (Å²) in [7, 11) is 0. The summed E-state index contributed by atoms with van der Waals surface area (Å²) in [4.78, 5) is 16.3. The van der Waals surface area contributed by atoms with Crippen LogP contribution in [0, 0.1) is 13.8 Å². The Morgan fingerprint density at radius 1 is 1.35 bits per heavy atom. The zero-order chi connectivity index (χ0) is 14.7. The Morgan fingerprint density at radius 3 is 2.75 bits per heavy atom. The van der Waals surface area contributed by atoms with Crippen molar-refractivity contribution in [1.82, 2.24) is 4.98 Å². The van der Waals surface area contributed by atoms with E-state index in [2.05, 4.69) is 31.7 Å². The third-order valence-electron chi connectivity index (χ3n) is 2.86. The lowest BCUT2D eigenvalue weighted by atomic mass is 10.1. The fourth-order valence-electron chi connectivity index (χ4n) is 1.96. The monoisotopic (exact) mass is 334 g/mol. The van der Waals surface area contributed by atoms with E-state index < -0.39 is 0 Å². The van der Waals surface area contributed by atoms with Gasteiger partial charge in [-0.15, -0.1) is 0 Å². The highest BCUT2D eigenvalue weighted by molar-refractivity contribution is 9.10. The summed E-state index contributed by atoms with van der Waals surface area (Å²) >= 11 is 3.46. The molecule has 0 saturated carbocycles. The van der Waals surface area contributed by atoms with Crippen molar-refractivity contribution in [2.24, 2.45) is 5.84 Å². The number of aryl methyl sites for hydroxylation is 2. The summed E-state index contributed by atoms with van der Waals surface area (Å²) in [5.74, 6) is 5.43. The highest BCUT2D eigenvalue weighted by Gasteiger charge is 2.14. The summed E-state index contributed by atoms with van der Waals surface area (Å²) in [6, 6.07) is 7.31. The summed E-state index contributed by atoms with van der Waals surface area (Å²) in [5.41, 5.74) is 5.66. The second-order valence-corrected chi connectivity index (χ2v) is 5.29. The Bertz CT molecular complexity index is 634. The molecule has 0 saturated heterocycles. The summed E-state index contributed by atoms with van der Waals surface area (Å²) in [6.07, 6.45) is 1.57. The fraction of sp³-hybridized carbons (Fsp3) is 0.143. The molecule has 1 aromatic heterocycles. The first-order valence-electron chi connectivity index (χ1n) is 6.02. The number of anilines is 2. The number of rotatable bonds is 3. The van der Waals surface area contributed by atoms with Crippen LogP contribution in [-0.4, -0.2) is 10.9 Å². The molecule has 2 rings (SSSR count). The Kier molecular flexibility index (Phi) is 4.36. The van der Waals surface area contributed by atoms with E-state index in [9.17, 15) is 4.79 Å². The lowest BCUT2D eigenvalue weighted by molar-refractivity contribution is 0.102. The van der Waals surface area contributed by atoms with Crippen LogP contribution in [0.2, 0.25) is 0 Å². The van der Waals surface area contributed by atoms with E-state index in [-0.39, 0.29) is 5.91 Å². The molecule has 1 heterocycles. The number of halogens is 1. The van der Waals surface area contributed by atoms with E-state index >= 15 is 0 Å². The first-order valence-corrected chi connectivity index (χ1v) is 6.82. The predicted molar refractivity (Wildman–Crippen MR) is 83.6 cm³/mol. The van der Waals surface area contributed by atoms with Crippen LogP contribution in [0.3, 0.4) is 0 Å². The van der Waals surface area contributed by atoms with Crippen molar-refractivity contribution in [2.75, 3.05) is 10.7 Å². The van der Waals surface area contributed by atoms with Crippen molar-refractivity contribution >= 4 is 33.3 Å². The maximum atomic E-state index is 12.3. The van der Waals surface area contributed by atoms with Gasteiger partial charge in [0, 0.05) is 10.7 Å². The van der Waals surface area contributed by atoms with Gasteiger partial charge < -0.3 is 10.7 Å². The number of benzene rings is 1. The van der Waals surface area contributed by atoms with E-state index in [1.807, 2.05) is 26.0 Å². The number of nitrogens with zero attached hydrogens (tertiary/aromatic N) is 1. The normalized spacial score (nSPS) is 10.2. The quantitative estimate of drug-likeness (QED) is 0.595. The average Bonchev–Trinajstić information content (AvgIpc) is 2.42. The molecule has 0 bridgehead atoms. The molecule has 5 nitrogen and oxygen atoms in total. The van der Waals surface area contributed by atoms with Gasteiger partial charge in [-0.25, -0.2) is 10.8 Å². The van der Waals surface area contributed by atoms with Crippen molar-refractivity contribution in [3.63, 3.8) is 0 Å². The molecule has 4 N–H and O–H groups in total. The zero-order valence-electron chi connectivity index (χ0n) is 11.2. The Balaban J connectivity index is 2.33. The molecule has 1 aromatic carbocycles. The molecule has 2 aromatic rings. The number of nitrogen functional groups attached to an aromatic ring is 1. The van der Waals surface area contributed by atoms with Gasteiger partial charge in [0.15, 0.2) is 5.82 Å². The second-order valence-electron chi connectivity index (χ2n) is 4.44. The first kappa shape index (κ1) is 14.5. The lowest BCUT2D eigenvalue weighted by Gasteiger charge is -2.13. The molecular weight excluding hydrogens is 320 g/mol. The molecule has 0 aliphatic rings. The third-order valence-corrected chi connectivity index (χ3v) is 3.48. The maximum Gasteiger partial charge on any atom is 0.259 e. The summed E-state index contributed by atoms with van der Waals surface area (Å²) < 4.78 is 0.842. The number of aromatic nitrogens is 1. The standard InChI is InChI=1S/C14H15BrN4O/c1-8-6-9(2)12(11(15)7-8)18-14(20)10-4-3-5-17-13(10)19-16/h3-7H,16H2,1-2H3,(H,17,19)(H,18,20). The van der Waals surface area contributed by atoms with Gasteiger partial charge in [0.2, 0.25) is 0 Å². The van der Waals surface area contributed by atoms with Crippen molar-refractivity contribution in [3.8, 4) is 0 Å². The number of amides is 1. The van der Waals surface area contributed by atoms with E-state index in [1.54, 1.807) is 18.3 Å². The first-order chi connectivity index (χ1) is 9.52. The number of hydrazine groups is 1. The number of nitrogens with one attached hydrogen (secondary N) is 2. The molecular formula is C14H15BrN4O. The largest absolute Gasteiger partial charge is 0.321 e. The van der Waals surface area contributed by atoms with Gasteiger partial charge >= 0.3 is 0 Å². The van der Waals surface area contributed by atoms with Crippen LogP contribution in [0.5, 0.6) is 0 Å². The number of carbonyl (C=O) groups is 1. The van der Waals surface area contributed by atoms with Crippen LogP contribution < -0.4 is 16.6 Å². The lowest BCUT2D eigenvalue weighted by Crippen LogP contribution is -2.18. The van der Waals surface area contributed by atoms with Crippen molar-refractivity contribution in [2.45, 2.75) is 13.8 Å². The number of pyridine rings is 1. The molecule has 6 heteroatoms. The minimum Gasteiger partial charge on any atom is -0.321 e. The van der Waals surface area contributed by atoms with Crippen LogP contribution in [0.1, 0.15) is 21.5 Å². The highest BCUT2D eigenvalue weighted by Crippen LogP contribution is 2.28. The van der Waals surface area contributed by atoms with Gasteiger partial charge in [-0.1, -0.05) is 6.07 Å². The molecule has 0 atom stereocenters. The van der Waals surface area contributed by atoms with Crippen LogP contribution >= 0.6 is 15.9 Å². The minimum atomic E-state index is -0.265. The smallest absolute Gasteiger partial charge is 0.259 e. The van der Waals surface area contributed by atoms with E-state index in [4.69, 9.17) is 5.84 Å². The van der Waals surface area contributed by atoms with Gasteiger partial charge in [-0.3, -0.25) is 4.79 Å². The molecule has 0 spiro atoms. The number of hydrogen-bond donors (Lipinski definition) is 3. The Morgan fingerprint density at radius 2 is 2.10 bits per heavy atom. The van der Waals surface area contributed by atoms with Crippen molar-refractivity contribution in [1.29, 1.82) is 0 Å². The van der Waals surface area contributed by atoms with Gasteiger partial charge in [-0.2, -0.15) is 0 Å². The molecule has 0 radical (unpaired) electrons. The SMILES string of the molecule is Cc1cc(C)c(NC(=O)c2cccnc2NN)c(Br)c1. The summed E-state index contributed by atoms with van der Waals surface area (Å²) in [5, 5.41) is 2.88. The number of carbonyl (C=O) groups excluding carboxylic acids is 1. The molecule has 104 valence electrons. The van der Waals surface area contributed by atoms with Crippen LogP contribution in [0.4, 0.5) is 11.5 Å².